The number of nitrogen functional groups attached to an aromatic ring is 1. The molecule has 0 radical (unpaired) electrons. The summed E-state index contributed by atoms with van der Waals surface area (Å²) in [7, 11) is 0. The lowest BCUT2D eigenvalue weighted by Crippen LogP contribution is -2.39. The van der Waals surface area contributed by atoms with Gasteiger partial charge in [-0.2, -0.15) is 0 Å². The van der Waals surface area contributed by atoms with Crippen LogP contribution in [0.3, 0.4) is 0 Å². The Hall–Kier alpha value is -1.65. The summed E-state index contributed by atoms with van der Waals surface area (Å²) >= 11 is 0. The van der Waals surface area contributed by atoms with Gasteiger partial charge >= 0.3 is 5.97 Å². The number of hydrogen-bond acceptors (Lipinski definition) is 4. The molecule has 2 rings (SSSR count). The van der Waals surface area contributed by atoms with Crippen LogP contribution in [0.1, 0.15) is 43.6 Å². The fourth-order valence-electron chi connectivity index (χ4n) is 2.57. The number of rotatable bonds is 2. The molecule has 0 aromatic carbocycles. The van der Waals surface area contributed by atoms with Crippen LogP contribution in [0.5, 0.6) is 0 Å². The summed E-state index contributed by atoms with van der Waals surface area (Å²) in [6.45, 7) is 1.73. The van der Waals surface area contributed by atoms with Gasteiger partial charge in [0.1, 0.15) is 17.1 Å². The first-order valence-electron chi connectivity index (χ1n) is 5.90. The van der Waals surface area contributed by atoms with Crippen LogP contribution in [0, 0.1) is 6.92 Å². The third-order valence-electron chi connectivity index (χ3n) is 3.46. The molecule has 92 valence electrons. The zero-order chi connectivity index (χ0) is 12.5. The SMILES string of the molecule is Cc1nc(N)cc(C2(C(=O)O)CCCCC2)n1. The fraction of sp³-hybridized carbons (Fsp3) is 0.583. The van der Waals surface area contributed by atoms with Gasteiger partial charge in [-0.1, -0.05) is 19.3 Å². The third kappa shape index (κ3) is 2.09. The van der Waals surface area contributed by atoms with Crippen LogP contribution in [-0.2, 0) is 10.2 Å². The Morgan fingerprint density at radius 1 is 1.35 bits per heavy atom. The molecule has 17 heavy (non-hydrogen) atoms. The smallest absolute Gasteiger partial charge is 0.315 e. The minimum absolute atomic E-state index is 0.346. The highest BCUT2D eigenvalue weighted by molar-refractivity contribution is 5.81. The summed E-state index contributed by atoms with van der Waals surface area (Å²) in [5, 5.41) is 9.52. The zero-order valence-corrected chi connectivity index (χ0v) is 9.94. The van der Waals surface area contributed by atoms with Crippen LogP contribution >= 0.6 is 0 Å². The number of aliphatic carboxylic acids is 1. The van der Waals surface area contributed by atoms with Crippen molar-refractivity contribution in [1.82, 2.24) is 9.97 Å². The number of aryl methyl sites for hydroxylation is 1. The summed E-state index contributed by atoms with van der Waals surface area (Å²) in [4.78, 5) is 19.9. The number of anilines is 1. The maximum Gasteiger partial charge on any atom is 0.315 e. The van der Waals surface area contributed by atoms with Crippen molar-refractivity contribution in [3.63, 3.8) is 0 Å². The lowest BCUT2D eigenvalue weighted by atomic mass is 9.71. The molecule has 5 heteroatoms. The molecule has 0 spiro atoms. The molecule has 1 aromatic heterocycles. The topological polar surface area (TPSA) is 89.1 Å². The summed E-state index contributed by atoms with van der Waals surface area (Å²) < 4.78 is 0. The molecule has 1 aliphatic carbocycles. The van der Waals surface area contributed by atoms with Gasteiger partial charge in [0, 0.05) is 6.07 Å². The van der Waals surface area contributed by atoms with E-state index in [1.165, 1.54) is 0 Å². The van der Waals surface area contributed by atoms with E-state index in [-0.39, 0.29) is 0 Å². The Morgan fingerprint density at radius 2 is 2.00 bits per heavy atom. The van der Waals surface area contributed by atoms with E-state index in [1.807, 2.05) is 0 Å². The highest BCUT2D eigenvalue weighted by Crippen LogP contribution is 2.39. The van der Waals surface area contributed by atoms with E-state index in [2.05, 4.69) is 9.97 Å². The average molecular weight is 235 g/mol. The molecule has 0 unspecified atom stereocenters. The van der Waals surface area contributed by atoms with E-state index in [0.29, 0.717) is 30.2 Å². The molecule has 0 saturated heterocycles. The van der Waals surface area contributed by atoms with Crippen molar-refractivity contribution in [1.29, 1.82) is 0 Å². The highest BCUT2D eigenvalue weighted by atomic mass is 16.4. The molecule has 1 aromatic rings. The number of carbonyl (C=O) groups is 1. The first kappa shape index (κ1) is 11.8. The summed E-state index contributed by atoms with van der Waals surface area (Å²) in [5.41, 5.74) is 5.38. The number of aromatic nitrogens is 2. The minimum Gasteiger partial charge on any atom is -0.481 e. The van der Waals surface area contributed by atoms with Gasteiger partial charge in [0.2, 0.25) is 0 Å². The molecule has 1 saturated carbocycles. The Bertz CT molecular complexity index is 419. The van der Waals surface area contributed by atoms with Gasteiger partial charge in [-0.15, -0.1) is 0 Å². The van der Waals surface area contributed by atoms with Crippen LogP contribution in [0.15, 0.2) is 6.07 Å². The summed E-state index contributed by atoms with van der Waals surface area (Å²) in [5.74, 6) is 0.0830. The van der Waals surface area contributed by atoms with Crippen molar-refractivity contribution < 1.29 is 9.90 Å². The normalized spacial score (nSPS) is 18.9. The molecule has 3 N–H and O–H groups in total. The average Bonchev–Trinajstić information content (AvgIpc) is 2.28. The second-order valence-electron chi connectivity index (χ2n) is 4.67. The summed E-state index contributed by atoms with van der Waals surface area (Å²) in [6.07, 6.45) is 4.22. The van der Waals surface area contributed by atoms with Crippen molar-refractivity contribution in [2.45, 2.75) is 44.4 Å². The van der Waals surface area contributed by atoms with E-state index in [1.54, 1.807) is 13.0 Å². The van der Waals surface area contributed by atoms with Gasteiger partial charge in [-0.05, 0) is 19.8 Å². The van der Waals surface area contributed by atoms with E-state index in [9.17, 15) is 9.90 Å². The van der Waals surface area contributed by atoms with Crippen LogP contribution in [-0.4, -0.2) is 21.0 Å². The zero-order valence-electron chi connectivity index (χ0n) is 9.94. The Kier molecular flexibility index (Phi) is 3.00. The van der Waals surface area contributed by atoms with Crippen LogP contribution < -0.4 is 5.73 Å². The van der Waals surface area contributed by atoms with E-state index < -0.39 is 11.4 Å². The molecule has 0 aliphatic heterocycles. The maximum atomic E-state index is 11.6. The van der Waals surface area contributed by atoms with Crippen molar-refractivity contribution in [3.8, 4) is 0 Å². The largest absolute Gasteiger partial charge is 0.481 e. The van der Waals surface area contributed by atoms with Gasteiger partial charge in [-0.3, -0.25) is 4.79 Å². The van der Waals surface area contributed by atoms with Crippen molar-refractivity contribution in [2.75, 3.05) is 5.73 Å². The molecular weight excluding hydrogens is 218 g/mol. The standard InChI is InChI=1S/C12H17N3O2/c1-8-14-9(7-10(13)15-8)12(11(16)17)5-3-2-4-6-12/h7H,2-6H2,1H3,(H,16,17)(H2,13,14,15). The van der Waals surface area contributed by atoms with Gasteiger partial charge in [0.15, 0.2) is 0 Å². The Morgan fingerprint density at radius 3 is 2.53 bits per heavy atom. The Labute approximate surface area is 100 Å². The molecule has 0 bridgehead atoms. The quantitative estimate of drug-likeness (QED) is 0.813. The molecule has 1 heterocycles. The minimum atomic E-state index is -0.861. The van der Waals surface area contributed by atoms with Crippen LogP contribution in [0.2, 0.25) is 0 Å². The van der Waals surface area contributed by atoms with Gasteiger partial charge in [-0.25, -0.2) is 9.97 Å². The monoisotopic (exact) mass is 235 g/mol. The summed E-state index contributed by atoms with van der Waals surface area (Å²) in [6, 6.07) is 1.60. The molecule has 5 nitrogen and oxygen atoms in total. The second-order valence-corrected chi connectivity index (χ2v) is 4.67. The lowest BCUT2D eigenvalue weighted by molar-refractivity contribution is -0.145. The number of carboxylic acids is 1. The van der Waals surface area contributed by atoms with Gasteiger partial charge in [0.25, 0.3) is 0 Å². The number of carboxylic acid groups (broad SMARTS) is 1. The first-order valence-corrected chi connectivity index (χ1v) is 5.90. The van der Waals surface area contributed by atoms with Gasteiger partial charge in [0.05, 0.1) is 5.69 Å². The highest BCUT2D eigenvalue weighted by Gasteiger charge is 2.42. The van der Waals surface area contributed by atoms with Crippen molar-refractivity contribution in [2.24, 2.45) is 0 Å². The lowest BCUT2D eigenvalue weighted by Gasteiger charge is -2.32. The van der Waals surface area contributed by atoms with E-state index in [0.717, 1.165) is 19.3 Å². The van der Waals surface area contributed by atoms with Crippen molar-refractivity contribution >= 4 is 11.8 Å². The number of nitrogens with zero attached hydrogens (tertiary/aromatic N) is 2. The molecule has 0 atom stereocenters. The van der Waals surface area contributed by atoms with Crippen LogP contribution in [0.25, 0.3) is 0 Å². The van der Waals surface area contributed by atoms with Crippen molar-refractivity contribution in [3.05, 3.63) is 17.6 Å². The molecule has 1 fully saturated rings. The van der Waals surface area contributed by atoms with E-state index >= 15 is 0 Å². The predicted octanol–water partition coefficient (Wildman–Crippen LogP) is 1.65. The Balaban J connectivity index is 2.48. The number of hydrogen-bond donors (Lipinski definition) is 2. The molecular formula is C12H17N3O2. The molecule has 1 aliphatic rings. The fourth-order valence-corrected chi connectivity index (χ4v) is 2.57. The second kappa shape index (κ2) is 4.31. The van der Waals surface area contributed by atoms with E-state index in [4.69, 9.17) is 5.73 Å². The molecule has 0 amide bonds. The maximum absolute atomic E-state index is 11.6. The number of nitrogens with two attached hydrogens (primary N) is 1. The third-order valence-corrected chi connectivity index (χ3v) is 3.46. The van der Waals surface area contributed by atoms with Gasteiger partial charge < -0.3 is 10.8 Å². The van der Waals surface area contributed by atoms with Crippen LogP contribution in [0.4, 0.5) is 5.82 Å². The predicted molar refractivity (Wildman–Crippen MR) is 63.6 cm³/mol. The first-order chi connectivity index (χ1) is 8.04.